The van der Waals surface area contributed by atoms with Crippen molar-refractivity contribution in [2.45, 2.75) is 83.1 Å². The Morgan fingerprint density at radius 3 is 2.45 bits per heavy atom. The van der Waals surface area contributed by atoms with Crippen LogP contribution in [0.15, 0.2) is 89.9 Å². The van der Waals surface area contributed by atoms with E-state index < -0.39 is 46.6 Å². The van der Waals surface area contributed by atoms with E-state index in [2.05, 4.69) is 52.1 Å². The van der Waals surface area contributed by atoms with Gasteiger partial charge in [0.25, 0.3) is 5.91 Å². The number of aromatic nitrogens is 5. The summed E-state index contributed by atoms with van der Waals surface area (Å²) >= 11 is 0. The van der Waals surface area contributed by atoms with Gasteiger partial charge >= 0.3 is 5.69 Å². The molecule has 0 spiro atoms. The number of carbonyl (C=O) groups excluding carboxylic acids is 3. The van der Waals surface area contributed by atoms with E-state index in [1.807, 2.05) is 22.9 Å². The molecule has 0 bridgehead atoms. The van der Waals surface area contributed by atoms with Gasteiger partial charge in [0.05, 0.1) is 46.7 Å². The zero-order chi connectivity index (χ0) is 47.9. The van der Waals surface area contributed by atoms with Crippen LogP contribution in [-0.2, 0) is 42.8 Å². The first kappa shape index (κ1) is 45.5. The van der Waals surface area contributed by atoms with E-state index in [0.717, 1.165) is 97.1 Å². The van der Waals surface area contributed by atoms with Gasteiger partial charge in [-0.2, -0.15) is 9.49 Å². The number of piperidine rings is 1. The number of methoxy groups -OCH3 is 1. The highest BCUT2D eigenvalue weighted by Crippen LogP contribution is 2.35. The fourth-order valence-corrected chi connectivity index (χ4v) is 10.0. The van der Waals surface area contributed by atoms with Crippen LogP contribution in [0.2, 0.25) is 0 Å². The molecule has 69 heavy (non-hydrogen) atoms. The number of aryl methyl sites for hydroxylation is 2. The molecule has 2 aliphatic heterocycles. The van der Waals surface area contributed by atoms with Crippen molar-refractivity contribution in [3.63, 3.8) is 0 Å². The lowest BCUT2D eigenvalue weighted by molar-refractivity contribution is -0.135. The lowest BCUT2D eigenvalue weighted by Gasteiger charge is -2.28. The topological polar surface area (TPSA) is 155 Å². The summed E-state index contributed by atoms with van der Waals surface area (Å²) in [4.78, 5) is 57.9. The van der Waals surface area contributed by atoms with Crippen LogP contribution >= 0.6 is 0 Å². The number of halogens is 3. The van der Waals surface area contributed by atoms with Gasteiger partial charge < -0.3 is 14.8 Å². The van der Waals surface area contributed by atoms with Crippen LogP contribution in [0.3, 0.4) is 0 Å². The maximum absolute atomic E-state index is 15.0. The van der Waals surface area contributed by atoms with E-state index in [1.54, 1.807) is 35.9 Å². The molecular weight excluding hydrogens is 890 g/mol. The molecule has 1 atom stereocenters. The van der Waals surface area contributed by atoms with E-state index in [1.165, 1.54) is 17.2 Å². The fourth-order valence-electron chi connectivity index (χ4n) is 10.0. The molecule has 3 aliphatic rings. The number of imidazole rings is 1. The first-order chi connectivity index (χ1) is 33.4. The molecule has 7 aromatic rings. The van der Waals surface area contributed by atoms with E-state index in [-0.39, 0.29) is 43.1 Å². The highest BCUT2D eigenvalue weighted by Gasteiger charge is 2.32. The molecule has 4 aromatic carbocycles. The van der Waals surface area contributed by atoms with Gasteiger partial charge in [-0.25, -0.2) is 13.6 Å². The first-order valence-electron chi connectivity index (χ1n) is 23.4. The summed E-state index contributed by atoms with van der Waals surface area (Å²) in [5.41, 5.74) is 7.16. The number of rotatable bonds is 14. The standard InChI is InChI=1S/C52H51F3N8O6/c1-60-45-22-30(9-18-43(45)63(52(60)67)44-19-20-46(64)58-51(44)66)4-3-21-61-26-34-12-17-40(57-42(34)28-61)33-10-11-35-27-62(59-41(35)23-33)36-13-5-31(6-14-36)25-56-50(65)38-24-39(53)49(48(55)47(38)54)69-29-32-7-15-37(68-2)16-8-32/h7-12,15-18,22-24,27,31,36,44H,3-6,13-14,19-21,25-26,28-29H2,1-2H3,(H,56,65)(H,58,64,66). The number of carbonyl (C=O) groups is 3. The minimum absolute atomic E-state index is 0.107. The van der Waals surface area contributed by atoms with Crippen molar-refractivity contribution < 1.29 is 37.0 Å². The van der Waals surface area contributed by atoms with E-state index >= 15 is 4.39 Å². The zero-order valence-corrected chi connectivity index (χ0v) is 38.3. The Kier molecular flexibility index (Phi) is 12.5. The second-order valence-electron chi connectivity index (χ2n) is 18.4. The second-order valence-corrected chi connectivity index (χ2v) is 18.4. The highest BCUT2D eigenvalue weighted by molar-refractivity contribution is 6.00. The molecule has 3 amide bonds. The quantitative estimate of drug-likeness (QED) is 0.0820. The van der Waals surface area contributed by atoms with Crippen molar-refractivity contribution >= 4 is 39.7 Å². The molecule has 14 nitrogen and oxygen atoms in total. The molecule has 5 heterocycles. The summed E-state index contributed by atoms with van der Waals surface area (Å²) in [6.45, 7) is 2.48. The Bertz CT molecular complexity index is 3190. The van der Waals surface area contributed by atoms with Gasteiger partial charge in [-0.3, -0.25) is 43.4 Å². The Labute approximate surface area is 395 Å². The second kappa shape index (κ2) is 19.0. The van der Waals surface area contributed by atoms with Gasteiger partial charge in [0, 0.05) is 50.2 Å². The normalized spacial score (nSPS) is 18.4. The number of nitrogens with zero attached hydrogens (tertiary/aromatic N) is 6. The number of fused-ring (bicyclic) bond motifs is 3. The molecule has 17 heteroatoms. The summed E-state index contributed by atoms with van der Waals surface area (Å²) in [6.07, 6.45) is 7.50. The fraction of sp³-hybridized carbons (Fsp3) is 0.346. The summed E-state index contributed by atoms with van der Waals surface area (Å²) < 4.78 is 60.4. The average molecular weight is 941 g/mol. The van der Waals surface area contributed by atoms with Crippen LogP contribution < -0.4 is 25.8 Å². The number of hydrogen-bond donors (Lipinski definition) is 2. The number of amides is 3. The molecule has 1 unspecified atom stereocenters. The van der Waals surface area contributed by atoms with Crippen LogP contribution in [0.1, 0.15) is 89.8 Å². The number of imide groups is 1. The SMILES string of the molecule is COc1ccc(COc2c(F)cc(C(=O)NCC3CCC(n4cc5ccc(-c6ccc7c(n6)CN(CCCc6ccc8c(c6)n(C)c(=O)n8C6CCC(=O)NC6=O)C7)cc5n4)CC3)c(F)c2F)cc1. The van der Waals surface area contributed by atoms with Crippen LogP contribution in [0.4, 0.5) is 13.2 Å². The monoisotopic (exact) mass is 940 g/mol. The number of ether oxygens (including phenoxy) is 2. The number of pyridine rings is 1. The third-order valence-electron chi connectivity index (χ3n) is 13.9. The molecule has 2 fully saturated rings. The molecular formula is C52H51F3N8O6. The van der Waals surface area contributed by atoms with Crippen molar-refractivity contribution in [1.82, 2.24) is 39.4 Å². The van der Waals surface area contributed by atoms with Gasteiger partial charge in [0.1, 0.15) is 18.4 Å². The van der Waals surface area contributed by atoms with Crippen LogP contribution in [0.5, 0.6) is 11.5 Å². The van der Waals surface area contributed by atoms with E-state index in [4.69, 9.17) is 19.6 Å². The minimum Gasteiger partial charge on any atom is -0.497 e. The van der Waals surface area contributed by atoms with Crippen molar-refractivity contribution in [2.75, 3.05) is 20.2 Å². The van der Waals surface area contributed by atoms with Gasteiger partial charge in [-0.05, 0) is 117 Å². The Morgan fingerprint density at radius 2 is 1.67 bits per heavy atom. The van der Waals surface area contributed by atoms with Crippen LogP contribution in [0, 0.1) is 23.4 Å². The average Bonchev–Trinajstić information content (AvgIpc) is 4.05. The summed E-state index contributed by atoms with van der Waals surface area (Å²) in [5.74, 6) is -6.01. The van der Waals surface area contributed by atoms with Crippen LogP contribution in [-0.4, -0.2) is 66.7 Å². The Balaban J connectivity index is 0.703. The summed E-state index contributed by atoms with van der Waals surface area (Å²) in [7, 11) is 3.23. The lowest BCUT2D eigenvalue weighted by Crippen LogP contribution is -2.44. The van der Waals surface area contributed by atoms with Crippen molar-refractivity contribution in [1.29, 1.82) is 0 Å². The van der Waals surface area contributed by atoms with Gasteiger partial charge in [-0.1, -0.05) is 36.4 Å². The largest absolute Gasteiger partial charge is 0.497 e. The molecule has 10 rings (SSSR count). The summed E-state index contributed by atoms with van der Waals surface area (Å²) in [5, 5.41) is 11.0. The lowest BCUT2D eigenvalue weighted by atomic mass is 9.86. The number of nitrogens with one attached hydrogen (secondary N) is 2. The molecule has 3 aromatic heterocycles. The smallest absolute Gasteiger partial charge is 0.329 e. The molecule has 1 aliphatic carbocycles. The minimum atomic E-state index is -1.56. The van der Waals surface area contributed by atoms with Crippen molar-refractivity contribution in [3.05, 3.63) is 141 Å². The van der Waals surface area contributed by atoms with E-state index in [9.17, 15) is 28.0 Å². The molecule has 2 N–H and O–H groups in total. The van der Waals surface area contributed by atoms with Crippen LogP contribution in [0.25, 0.3) is 33.2 Å². The predicted octanol–water partition coefficient (Wildman–Crippen LogP) is 7.84. The molecule has 0 radical (unpaired) electrons. The maximum Gasteiger partial charge on any atom is 0.329 e. The number of hydrogen-bond acceptors (Lipinski definition) is 9. The van der Waals surface area contributed by atoms with Crippen molar-refractivity contribution in [3.8, 4) is 22.8 Å². The first-order valence-corrected chi connectivity index (χ1v) is 23.4. The highest BCUT2D eigenvalue weighted by atomic mass is 19.2. The third-order valence-corrected chi connectivity index (χ3v) is 13.9. The van der Waals surface area contributed by atoms with Gasteiger partial charge in [0.15, 0.2) is 17.4 Å². The predicted molar refractivity (Wildman–Crippen MR) is 251 cm³/mol. The van der Waals surface area contributed by atoms with Crippen molar-refractivity contribution in [2.24, 2.45) is 13.0 Å². The third kappa shape index (κ3) is 9.22. The molecule has 1 saturated heterocycles. The van der Waals surface area contributed by atoms with Gasteiger partial charge in [-0.15, -0.1) is 0 Å². The Morgan fingerprint density at radius 1 is 0.870 bits per heavy atom. The maximum atomic E-state index is 15.0. The van der Waals surface area contributed by atoms with Gasteiger partial charge in [0.2, 0.25) is 17.6 Å². The molecule has 1 saturated carbocycles. The molecule has 356 valence electrons. The van der Waals surface area contributed by atoms with E-state index in [0.29, 0.717) is 29.3 Å². The Hall–Kier alpha value is -7.27. The number of benzene rings is 4. The summed E-state index contributed by atoms with van der Waals surface area (Å²) in [6, 6.07) is 23.2. The zero-order valence-electron chi connectivity index (χ0n) is 38.3.